The molecule has 0 aliphatic rings. The van der Waals surface area contributed by atoms with Gasteiger partial charge in [-0.3, -0.25) is 0 Å². The minimum Gasteiger partial charge on any atom is -0.497 e. The zero-order valence-corrected chi connectivity index (χ0v) is 13.4. The van der Waals surface area contributed by atoms with Crippen LogP contribution in [0.2, 0.25) is 0 Å². The molecular formula is C20H24O. The van der Waals surface area contributed by atoms with Gasteiger partial charge in [0.15, 0.2) is 0 Å². The Morgan fingerprint density at radius 3 is 2.19 bits per heavy atom. The van der Waals surface area contributed by atoms with Crippen molar-refractivity contribution in [1.82, 2.24) is 0 Å². The van der Waals surface area contributed by atoms with Crippen LogP contribution in [-0.2, 0) is 6.42 Å². The zero-order valence-electron chi connectivity index (χ0n) is 13.4. The lowest BCUT2D eigenvalue weighted by Crippen LogP contribution is -1.88. The second-order valence-corrected chi connectivity index (χ2v) is 5.62. The average molecular weight is 280 g/mol. The van der Waals surface area contributed by atoms with Crippen molar-refractivity contribution in [3.63, 3.8) is 0 Å². The van der Waals surface area contributed by atoms with E-state index >= 15 is 0 Å². The van der Waals surface area contributed by atoms with E-state index in [-0.39, 0.29) is 0 Å². The molecule has 0 saturated carbocycles. The van der Waals surface area contributed by atoms with Gasteiger partial charge in [0.05, 0.1) is 7.11 Å². The van der Waals surface area contributed by atoms with Gasteiger partial charge in [-0.2, -0.15) is 0 Å². The molecule has 21 heavy (non-hydrogen) atoms. The monoisotopic (exact) mass is 280 g/mol. The summed E-state index contributed by atoms with van der Waals surface area (Å²) in [5.74, 6) is 1.50. The molecule has 0 bridgehead atoms. The molecule has 1 heteroatoms. The van der Waals surface area contributed by atoms with Crippen LogP contribution in [0.5, 0.6) is 5.75 Å². The highest BCUT2D eigenvalue weighted by molar-refractivity contribution is 5.70. The van der Waals surface area contributed by atoms with Crippen molar-refractivity contribution < 1.29 is 4.74 Å². The molecule has 0 spiro atoms. The molecule has 2 aromatic carbocycles. The number of rotatable bonds is 5. The number of ether oxygens (including phenoxy) is 1. The molecular weight excluding hydrogens is 256 g/mol. The topological polar surface area (TPSA) is 9.23 Å². The van der Waals surface area contributed by atoms with E-state index in [9.17, 15) is 0 Å². The fourth-order valence-electron chi connectivity index (χ4n) is 2.29. The molecule has 0 aliphatic carbocycles. The van der Waals surface area contributed by atoms with Gasteiger partial charge in [0, 0.05) is 0 Å². The van der Waals surface area contributed by atoms with E-state index in [0.29, 0.717) is 5.92 Å². The van der Waals surface area contributed by atoms with Gasteiger partial charge in [0.1, 0.15) is 5.75 Å². The third kappa shape index (κ3) is 4.22. The largest absolute Gasteiger partial charge is 0.497 e. The molecule has 0 fully saturated rings. The molecule has 0 heterocycles. The summed E-state index contributed by atoms with van der Waals surface area (Å²) in [6.07, 6.45) is 5.31. The minimum atomic E-state index is 0.577. The van der Waals surface area contributed by atoms with Crippen molar-refractivity contribution in [3.05, 3.63) is 64.7 Å². The molecule has 1 nitrogen and oxygen atoms in total. The van der Waals surface area contributed by atoms with Crippen LogP contribution >= 0.6 is 0 Å². The van der Waals surface area contributed by atoms with Gasteiger partial charge in [-0.1, -0.05) is 63.3 Å². The first kappa shape index (κ1) is 15.4. The Hall–Kier alpha value is -2.02. The molecule has 0 atom stereocenters. The van der Waals surface area contributed by atoms with Gasteiger partial charge >= 0.3 is 0 Å². The van der Waals surface area contributed by atoms with E-state index < -0.39 is 0 Å². The summed E-state index contributed by atoms with van der Waals surface area (Å²) < 4.78 is 5.36. The SMILES string of the molecule is CCc1cc(C=Cc2ccc(C(C)C)cc2)cc(OC)c1. The molecule has 0 N–H and O–H groups in total. The minimum absolute atomic E-state index is 0.577. The molecule has 0 aliphatic heterocycles. The summed E-state index contributed by atoms with van der Waals surface area (Å²) in [7, 11) is 1.72. The van der Waals surface area contributed by atoms with Gasteiger partial charge in [0.2, 0.25) is 0 Å². The van der Waals surface area contributed by atoms with Crippen LogP contribution in [0.4, 0.5) is 0 Å². The van der Waals surface area contributed by atoms with Gasteiger partial charge in [0.25, 0.3) is 0 Å². The summed E-state index contributed by atoms with van der Waals surface area (Å²) in [4.78, 5) is 0. The smallest absolute Gasteiger partial charge is 0.119 e. The Kier molecular flexibility index (Phi) is 5.21. The average Bonchev–Trinajstić information content (AvgIpc) is 2.52. The predicted octanol–water partition coefficient (Wildman–Crippen LogP) is 5.55. The third-order valence-electron chi connectivity index (χ3n) is 3.70. The van der Waals surface area contributed by atoms with Crippen molar-refractivity contribution >= 4 is 12.2 Å². The van der Waals surface area contributed by atoms with Crippen molar-refractivity contribution in [2.24, 2.45) is 0 Å². The highest BCUT2D eigenvalue weighted by atomic mass is 16.5. The van der Waals surface area contributed by atoms with E-state index in [1.807, 2.05) is 0 Å². The van der Waals surface area contributed by atoms with Gasteiger partial charge in [-0.05, 0) is 46.7 Å². The van der Waals surface area contributed by atoms with Crippen molar-refractivity contribution in [2.45, 2.75) is 33.1 Å². The highest BCUT2D eigenvalue weighted by Gasteiger charge is 1.99. The van der Waals surface area contributed by atoms with Crippen LogP contribution in [0.3, 0.4) is 0 Å². The maximum Gasteiger partial charge on any atom is 0.119 e. The fourth-order valence-corrected chi connectivity index (χ4v) is 2.29. The maximum atomic E-state index is 5.36. The molecule has 0 amide bonds. The molecule has 2 aromatic rings. The molecule has 0 aromatic heterocycles. The number of aryl methyl sites for hydroxylation is 1. The Labute approximate surface area is 128 Å². The van der Waals surface area contributed by atoms with Gasteiger partial charge < -0.3 is 4.74 Å². The standard InChI is InChI=1S/C20H24O/c1-5-16-12-18(14-20(13-16)21-4)7-6-17-8-10-19(11-9-17)15(2)3/h6-15H,5H2,1-4H3. The van der Waals surface area contributed by atoms with E-state index in [0.717, 1.165) is 12.2 Å². The second-order valence-electron chi connectivity index (χ2n) is 5.62. The van der Waals surface area contributed by atoms with Crippen LogP contribution in [0.25, 0.3) is 12.2 Å². The lowest BCUT2D eigenvalue weighted by atomic mass is 10.0. The highest BCUT2D eigenvalue weighted by Crippen LogP contribution is 2.20. The normalized spacial score (nSPS) is 11.3. The summed E-state index contributed by atoms with van der Waals surface area (Å²) >= 11 is 0. The van der Waals surface area contributed by atoms with Crippen LogP contribution < -0.4 is 4.74 Å². The summed E-state index contributed by atoms with van der Waals surface area (Å²) in [5, 5.41) is 0. The first-order chi connectivity index (χ1) is 10.1. The van der Waals surface area contributed by atoms with Crippen LogP contribution in [0.1, 0.15) is 48.9 Å². The summed E-state index contributed by atoms with van der Waals surface area (Å²) in [5.41, 5.74) is 5.07. The van der Waals surface area contributed by atoms with E-state index in [1.54, 1.807) is 7.11 Å². The maximum absolute atomic E-state index is 5.36. The number of methoxy groups -OCH3 is 1. The number of hydrogen-bond acceptors (Lipinski definition) is 1. The lowest BCUT2D eigenvalue weighted by molar-refractivity contribution is 0.414. The predicted molar refractivity (Wildman–Crippen MR) is 91.8 cm³/mol. The number of hydrogen-bond donors (Lipinski definition) is 0. The Balaban J connectivity index is 2.20. The van der Waals surface area contributed by atoms with Crippen molar-refractivity contribution in [1.29, 1.82) is 0 Å². The van der Waals surface area contributed by atoms with E-state index in [2.05, 4.69) is 75.4 Å². The molecule has 0 radical (unpaired) electrons. The zero-order chi connectivity index (χ0) is 15.2. The quantitative estimate of drug-likeness (QED) is 0.652. The third-order valence-corrected chi connectivity index (χ3v) is 3.70. The molecule has 0 unspecified atom stereocenters. The van der Waals surface area contributed by atoms with Crippen molar-refractivity contribution in [2.75, 3.05) is 7.11 Å². The summed E-state index contributed by atoms with van der Waals surface area (Å²) in [6.45, 7) is 6.59. The molecule has 110 valence electrons. The van der Waals surface area contributed by atoms with Crippen LogP contribution in [-0.4, -0.2) is 7.11 Å². The Morgan fingerprint density at radius 2 is 1.62 bits per heavy atom. The fraction of sp³-hybridized carbons (Fsp3) is 0.300. The van der Waals surface area contributed by atoms with Crippen LogP contribution in [0.15, 0.2) is 42.5 Å². The van der Waals surface area contributed by atoms with Gasteiger partial charge in [-0.25, -0.2) is 0 Å². The molecule has 0 saturated heterocycles. The lowest BCUT2D eigenvalue weighted by Gasteiger charge is -2.06. The van der Waals surface area contributed by atoms with Crippen molar-refractivity contribution in [3.8, 4) is 5.75 Å². The van der Waals surface area contributed by atoms with E-state index in [1.165, 1.54) is 22.3 Å². The molecule has 2 rings (SSSR count). The second kappa shape index (κ2) is 7.12. The first-order valence-electron chi connectivity index (χ1n) is 7.58. The van der Waals surface area contributed by atoms with Gasteiger partial charge in [-0.15, -0.1) is 0 Å². The Morgan fingerprint density at radius 1 is 0.952 bits per heavy atom. The Bertz CT molecular complexity index is 584. The van der Waals surface area contributed by atoms with Crippen LogP contribution in [0, 0.1) is 0 Å². The summed E-state index contributed by atoms with van der Waals surface area (Å²) in [6, 6.07) is 15.1. The first-order valence-corrected chi connectivity index (χ1v) is 7.58. The number of benzene rings is 2. The van der Waals surface area contributed by atoms with E-state index in [4.69, 9.17) is 4.74 Å².